The van der Waals surface area contributed by atoms with Crippen LogP contribution in [0, 0.1) is 0 Å². The van der Waals surface area contributed by atoms with E-state index in [0.717, 1.165) is 18.7 Å². The Morgan fingerprint density at radius 2 is 2.39 bits per heavy atom. The molecule has 1 saturated heterocycles. The number of hydrogen-bond donors (Lipinski definition) is 2. The van der Waals surface area contributed by atoms with Crippen molar-refractivity contribution in [3.05, 3.63) is 18.3 Å². The Balaban J connectivity index is 1.98. The molecule has 1 aliphatic heterocycles. The summed E-state index contributed by atoms with van der Waals surface area (Å²) in [6.07, 6.45) is 2.12. The van der Waals surface area contributed by atoms with Gasteiger partial charge in [0, 0.05) is 12.6 Å². The van der Waals surface area contributed by atoms with Crippen molar-refractivity contribution in [2.75, 3.05) is 19.0 Å². The summed E-state index contributed by atoms with van der Waals surface area (Å²) >= 11 is 5.33. The third-order valence-corrected chi connectivity index (χ3v) is 3.51. The number of hydrogen-bond acceptors (Lipinski definition) is 4. The van der Waals surface area contributed by atoms with Crippen LogP contribution in [0.25, 0.3) is 0 Å². The zero-order valence-corrected chi connectivity index (χ0v) is 11.3. The number of aliphatic hydroxyl groups excluding tert-OH is 1. The number of ether oxygens (including phenoxy) is 1. The summed E-state index contributed by atoms with van der Waals surface area (Å²) in [5, 5.41) is 13.4. The molecule has 2 atom stereocenters. The highest BCUT2D eigenvalue weighted by molar-refractivity contribution is 7.80. The molecule has 6 heteroatoms. The first-order valence-electron chi connectivity index (χ1n) is 5.87. The van der Waals surface area contributed by atoms with Crippen molar-refractivity contribution in [2.24, 2.45) is 0 Å². The minimum atomic E-state index is -0.307. The van der Waals surface area contributed by atoms with E-state index in [1.54, 1.807) is 19.4 Å². The molecule has 1 aliphatic rings. The van der Waals surface area contributed by atoms with E-state index < -0.39 is 0 Å². The summed E-state index contributed by atoms with van der Waals surface area (Å²) in [7, 11) is 1.58. The molecule has 2 heterocycles. The second kappa shape index (κ2) is 5.49. The molecule has 98 valence electrons. The Hall–Kier alpha value is -1.40. The smallest absolute Gasteiger partial charge is 0.213 e. The lowest BCUT2D eigenvalue weighted by atomic mass is 10.2. The van der Waals surface area contributed by atoms with Crippen LogP contribution in [-0.2, 0) is 0 Å². The molecule has 0 saturated carbocycles. The van der Waals surface area contributed by atoms with Gasteiger partial charge in [-0.15, -0.1) is 0 Å². The predicted octanol–water partition coefficient (Wildman–Crippen LogP) is 1.24. The largest absolute Gasteiger partial charge is 0.481 e. The van der Waals surface area contributed by atoms with Crippen LogP contribution < -0.4 is 10.1 Å². The van der Waals surface area contributed by atoms with Crippen molar-refractivity contribution in [3.8, 4) is 5.88 Å². The maximum atomic E-state index is 9.69. The minimum absolute atomic E-state index is 0.0520. The molecule has 1 aromatic heterocycles. The summed E-state index contributed by atoms with van der Waals surface area (Å²) in [6.45, 7) is 2.75. The van der Waals surface area contributed by atoms with Crippen molar-refractivity contribution in [1.29, 1.82) is 0 Å². The van der Waals surface area contributed by atoms with Gasteiger partial charge >= 0.3 is 0 Å². The van der Waals surface area contributed by atoms with Gasteiger partial charge in [-0.25, -0.2) is 4.98 Å². The number of thiocarbonyl (C=S) groups is 1. The molecule has 0 radical (unpaired) electrons. The fraction of sp³-hybridized carbons (Fsp3) is 0.500. The number of aromatic nitrogens is 1. The fourth-order valence-electron chi connectivity index (χ4n) is 1.98. The monoisotopic (exact) mass is 267 g/mol. The molecule has 5 nitrogen and oxygen atoms in total. The first-order chi connectivity index (χ1) is 8.61. The lowest BCUT2D eigenvalue weighted by Crippen LogP contribution is -2.39. The quantitative estimate of drug-likeness (QED) is 0.786. The summed E-state index contributed by atoms with van der Waals surface area (Å²) in [6, 6.07) is 3.68. The molecule has 0 bridgehead atoms. The maximum Gasteiger partial charge on any atom is 0.213 e. The number of pyridine rings is 1. The van der Waals surface area contributed by atoms with Crippen LogP contribution in [0.1, 0.15) is 13.3 Å². The molecule has 18 heavy (non-hydrogen) atoms. The second-order valence-corrected chi connectivity index (χ2v) is 4.70. The van der Waals surface area contributed by atoms with E-state index in [-0.39, 0.29) is 12.1 Å². The summed E-state index contributed by atoms with van der Waals surface area (Å²) < 4.78 is 4.99. The van der Waals surface area contributed by atoms with Gasteiger partial charge in [-0.05, 0) is 31.6 Å². The van der Waals surface area contributed by atoms with Crippen molar-refractivity contribution in [3.63, 3.8) is 0 Å². The van der Waals surface area contributed by atoms with Crippen molar-refractivity contribution < 1.29 is 9.84 Å². The number of likely N-dealkylation sites (tertiary alicyclic amines) is 1. The average Bonchev–Trinajstić information content (AvgIpc) is 2.71. The topological polar surface area (TPSA) is 57.6 Å². The molecule has 1 fully saturated rings. The number of nitrogens with one attached hydrogen (secondary N) is 1. The summed E-state index contributed by atoms with van der Waals surface area (Å²) in [5.41, 5.74) is 0.814. The van der Waals surface area contributed by atoms with E-state index in [9.17, 15) is 5.11 Å². The van der Waals surface area contributed by atoms with E-state index >= 15 is 0 Å². The second-order valence-electron chi connectivity index (χ2n) is 4.31. The first kappa shape index (κ1) is 13.0. The molecule has 1 aromatic rings. The van der Waals surface area contributed by atoms with Crippen LogP contribution in [0.5, 0.6) is 5.88 Å². The summed E-state index contributed by atoms with van der Waals surface area (Å²) in [4.78, 5) is 6.09. The Morgan fingerprint density at radius 1 is 1.61 bits per heavy atom. The molecule has 1 unspecified atom stereocenters. The van der Waals surface area contributed by atoms with Gasteiger partial charge in [0.25, 0.3) is 0 Å². The van der Waals surface area contributed by atoms with Gasteiger partial charge in [0.2, 0.25) is 5.88 Å². The van der Waals surface area contributed by atoms with Gasteiger partial charge in [0.05, 0.1) is 31.1 Å². The molecule has 0 spiro atoms. The summed E-state index contributed by atoms with van der Waals surface area (Å²) in [5.74, 6) is 0.566. The highest BCUT2D eigenvalue weighted by atomic mass is 32.1. The third kappa shape index (κ3) is 2.70. The molecule has 0 aromatic carbocycles. The van der Waals surface area contributed by atoms with Gasteiger partial charge in [0.15, 0.2) is 5.11 Å². The zero-order chi connectivity index (χ0) is 13.1. The van der Waals surface area contributed by atoms with Crippen molar-refractivity contribution >= 4 is 23.0 Å². The first-order valence-corrected chi connectivity index (χ1v) is 6.28. The molecule has 2 rings (SSSR count). The number of nitrogens with zero attached hydrogens (tertiary/aromatic N) is 2. The van der Waals surface area contributed by atoms with Crippen LogP contribution >= 0.6 is 12.2 Å². The van der Waals surface area contributed by atoms with Crippen LogP contribution in [0.2, 0.25) is 0 Å². The van der Waals surface area contributed by atoms with Gasteiger partial charge in [-0.3, -0.25) is 0 Å². The Morgan fingerprint density at radius 3 is 2.89 bits per heavy atom. The molecule has 0 amide bonds. The normalized spacial score (nSPS) is 22.9. The van der Waals surface area contributed by atoms with Crippen LogP contribution in [0.3, 0.4) is 0 Å². The Bertz CT molecular complexity index is 424. The van der Waals surface area contributed by atoms with Gasteiger partial charge in [-0.2, -0.15) is 0 Å². The van der Waals surface area contributed by atoms with Crippen LogP contribution in [-0.4, -0.2) is 45.9 Å². The average molecular weight is 267 g/mol. The van der Waals surface area contributed by atoms with Crippen LogP contribution in [0.15, 0.2) is 18.3 Å². The molecule has 2 N–H and O–H groups in total. The van der Waals surface area contributed by atoms with E-state index in [1.807, 2.05) is 17.9 Å². The van der Waals surface area contributed by atoms with Gasteiger partial charge in [-0.1, -0.05) is 0 Å². The van der Waals surface area contributed by atoms with E-state index in [4.69, 9.17) is 17.0 Å². The Labute approximate surface area is 112 Å². The minimum Gasteiger partial charge on any atom is -0.481 e. The van der Waals surface area contributed by atoms with Gasteiger partial charge in [0.1, 0.15) is 0 Å². The highest BCUT2D eigenvalue weighted by Crippen LogP contribution is 2.19. The van der Waals surface area contributed by atoms with E-state index in [0.29, 0.717) is 11.0 Å². The fourth-order valence-corrected chi connectivity index (χ4v) is 2.36. The highest BCUT2D eigenvalue weighted by Gasteiger charge is 2.30. The molecular formula is C12H17N3O2S. The molecular weight excluding hydrogens is 250 g/mol. The lowest BCUT2D eigenvalue weighted by Gasteiger charge is -2.25. The number of anilines is 1. The third-order valence-electron chi connectivity index (χ3n) is 3.17. The number of methoxy groups -OCH3 is 1. The lowest BCUT2D eigenvalue weighted by molar-refractivity contribution is 0.149. The van der Waals surface area contributed by atoms with Crippen LogP contribution in [0.4, 0.5) is 5.69 Å². The Kier molecular flexibility index (Phi) is 3.98. The van der Waals surface area contributed by atoms with Crippen molar-refractivity contribution in [2.45, 2.75) is 25.5 Å². The van der Waals surface area contributed by atoms with E-state index in [1.165, 1.54) is 0 Å². The number of rotatable bonds is 2. The standard InChI is InChI=1S/C12H17N3O2S/c1-8-10(16)5-6-15(8)12(18)14-9-3-4-11(17-2)13-7-9/h3-4,7-8,10,16H,5-6H2,1-2H3,(H,14,18)/t8?,10-/m0/s1. The van der Waals surface area contributed by atoms with Crippen molar-refractivity contribution in [1.82, 2.24) is 9.88 Å². The SMILES string of the molecule is COc1ccc(NC(=S)N2CC[C@H](O)C2C)cn1. The zero-order valence-electron chi connectivity index (χ0n) is 10.5. The maximum absolute atomic E-state index is 9.69. The van der Waals surface area contributed by atoms with Gasteiger partial charge < -0.3 is 20.1 Å². The number of aliphatic hydroxyl groups is 1. The predicted molar refractivity (Wildman–Crippen MR) is 73.8 cm³/mol. The van der Waals surface area contributed by atoms with E-state index in [2.05, 4.69) is 10.3 Å². The molecule has 0 aliphatic carbocycles.